The zero-order chi connectivity index (χ0) is 17.3. The Kier molecular flexibility index (Phi) is 5.21. The number of rotatable bonds is 4. The van der Waals surface area contributed by atoms with Crippen molar-refractivity contribution in [2.45, 2.75) is 37.4 Å². The van der Waals surface area contributed by atoms with E-state index in [1.54, 1.807) is 0 Å². The van der Waals surface area contributed by atoms with E-state index in [-0.39, 0.29) is 0 Å². The number of nitrogens with one attached hydrogen (secondary N) is 1. The summed E-state index contributed by atoms with van der Waals surface area (Å²) in [6.45, 7) is 3.82. The van der Waals surface area contributed by atoms with Crippen molar-refractivity contribution in [2.75, 3.05) is 5.32 Å². The third-order valence-corrected chi connectivity index (χ3v) is 5.58. The molecule has 0 aliphatic carbocycles. The van der Waals surface area contributed by atoms with E-state index in [9.17, 15) is 30.8 Å². The highest BCUT2D eigenvalue weighted by Crippen LogP contribution is 2.31. The number of carbonyl (C=O) groups is 1. The molecule has 1 rings (SSSR count). The van der Waals surface area contributed by atoms with Gasteiger partial charge in [0.05, 0.1) is 16.5 Å². The van der Waals surface area contributed by atoms with E-state index in [0.717, 1.165) is 6.92 Å². The molecule has 1 atom stereocenters. The molecule has 0 aliphatic heterocycles. The molecule has 0 spiro atoms. The van der Waals surface area contributed by atoms with E-state index in [1.807, 2.05) is 5.32 Å². The number of alkyl halides is 3. The van der Waals surface area contributed by atoms with Gasteiger partial charge in [-0.3, -0.25) is 4.79 Å². The Bertz CT molecular complexity index is 668. The van der Waals surface area contributed by atoms with E-state index in [0.29, 0.717) is 18.2 Å². The van der Waals surface area contributed by atoms with Crippen molar-refractivity contribution in [3.05, 3.63) is 29.6 Å². The Morgan fingerprint density at radius 3 is 2.18 bits per heavy atom. The summed E-state index contributed by atoms with van der Waals surface area (Å²) in [4.78, 5) is 11.8. The van der Waals surface area contributed by atoms with E-state index in [2.05, 4.69) is 0 Å². The van der Waals surface area contributed by atoms with E-state index in [4.69, 9.17) is 0 Å². The fourth-order valence-electron chi connectivity index (χ4n) is 1.59. The molecule has 0 bridgehead atoms. The summed E-state index contributed by atoms with van der Waals surface area (Å²) < 4.78 is 74.9. The summed E-state index contributed by atoms with van der Waals surface area (Å²) in [6, 6.07) is 1.50. The third kappa shape index (κ3) is 3.96. The standard InChI is InChI=1S/C13H15F4NO3S/c1-7(2)22(20,21)8(3)12(19)18-11-6-9(13(15,16)17)4-5-10(11)14/h4-8H,1-3H3,(H,18,19). The first kappa shape index (κ1) is 18.4. The molecule has 1 amide bonds. The Hall–Kier alpha value is -1.64. The number of halogens is 4. The highest BCUT2D eigenvalue weighted by Gasteiger charge is 2.33. The van der Waals surface area contributed by atoms with Gasteiger partial charge in [-0.2, -0.15) is 13.2 Å². The number of hydrogen-bond donors (Lipinski definition) is 1. The zero-order valence-corrected chi connectivity index (χ0v) is 12.8. The van der Waals surface area contributed by atoms with Gasteiger partial charge in [0.1, 0.15) is 11.1 Å². The van der Waals surface area contributed by atoms with Crippen molar-refractivity contribution in [1.29, 1.82) is 0 Å². The molecule has 1 unspecified atom stereocenters. The predicted octanol–water partition coefficient (Wildman–Crippen LogP) is 2.99. The largest absolute Gasteiger partial charge is 0.416 e. The monoisotopic (exact) mass is 341 g/mol. The van der Waals surface area contributed by atoms with Gasteiger partial charge in [-0.15, -0.1) is 0 Å². The second-order valence-corrected chi connectivity index (χ2v) is 7.79. The minimum atomic E-state index is -4.71. The maximum absolute atomic E-state index is 13.5. The van der Waals surface area contributed by atoms with Crippen LogP contribution in [0.3, 0.4) is 0 Å². The zero-order valence-electron chi connectivity index (χ0n) is 12.0. The number of benzene rings is 1. The molecule has 0 saturated heterocycles. The van der Waals surface area contributed by atoms with Crippen LogP contribution in [-0.4, -0.2) is 24.8 Å². The van der Waals surface area contributed by atoms with Crippen LogP contribution in [0.5, 0.6) is 0 Å². The van der Waals surface area contributed by atoms with Crippen LogP contribution in [0.2, 0.25) is 0 Å². The van der Waals surface area contributed by atoms with Crippen molar-refractivity contribution in [3.63, 3.8) is 0 Å². The topological polar surface area (TPSA) is 63.2 Å². The third-order valence-electron chi connectivity index (χ3n) is 3.07. The molecular formula is C13H15F4NO3S. The lowest BCUT2D eigenvalue weighted by Crippen LogP contribution is -2.36. The summed E-state index contributed by atoms with van der Waals surface area (Å²) in [7, 11) is -3.80. The van der Waals surface area contributed by atoms with Gasteiger partial charge in [0.2, 0.25) is 5.91 Å². The smallest absolute Gasteiger partial charge is 0.322 e. The van der Waals surface area contributed by atoms with Gasteiger partial charge in [-0.05, 0) is 39.0 Å². The summed E-state index contributed by atoms with van der Waals surface area (Å²) >= 11 is 0. The number of anilines is 1. The van der Waals surface area contributed by atoms with Gasteiger partial charge in [0.25, 0.3) is 0 Å². The van der Waals surface area contributed by atoms with Gasteiger partial charge in [0.15, 0.2) is 9.84 Å². The molecule has 0 aliphatic rings. The number of carbonyl (C=O) groups excluding carboxylic acids is 1. The molecule has 0 saturated carbocycles. The number of hydrogen-bond acceptors (Lipinski definition) is 3. The summed E-state index contributed by atoms with van der Waals surface area (Å²) in [5.41, 5.74) is -1.87. The van der Waals surface area contributed by atoms with E-state index >= 15 is 0 Å². The first-order valence-corrected chi connectivity index (χ1v) is 7.88. The van der Waals surface area contributed by atoms with Crippen LogP contribution in [0, 0.1) is 5.82 Å². The maximum atomic E-state index is 13.5. The van der Waals surface area contributed by atoms with Crippen LogP contribution >= 0.6 is 0 Å². The van der Waals surface area contributed by atoms with Crippen LogP contribution in [0.25, 0.3) is 0 Å². The fourth-order valence-corrected chi connectivity index (χ4v) is 2.76. The lowest BCUT2D eigenvalue weighted by molar-refractivity contribution is -0.137. The molecule has 22 heavy (non-hydrogen) atoms. The minimum Gasteiger partial charge on any atom is -0.322 e. The lowest BCUT2D eigenvalue weighted by atomic mass is 10.2. The Morgan fingerprint density at radius 2 is 1.73 bits per heavy atom. The van der Waals surface area contributed by atoms with Gasteiger partial charge in [0, 0.05) is 0 Å². The van der Waals surface area contributed by atoms with Crippen LogP contribution in [0.15, 0.2) is 18.2 Å². The lowest BCUT2D eigenvalue weighted by Gasteiger charge is -2.16. The highest BCUT2D eigenvalue weighted by atomic mass is 32.2. The molecule has 4 nitrogen and oxygen atoms in total. The SMILES string of the molecule is CC(C)S(=O)(=O)C(C)C(=O)Nc1cc(C(F)(F)F)ccc1F. The summed E-state index contributed by atoms with van der Waals surface area (Å²) in [5, 5.41) is -0.470. The second kappa shape index (κ2) is 6.23. The quantitative estimate of drug-likeness (QED) is 0.857. The first-order chi connectivity index (χ1) is 9.87. The van der Waals surface area contributed by atoms with Crippen molar-refractivity contribution >= 4 is 21.4 Å². The van der Waals surface area contributed by atoms with Crippen molar-refractivity contribution in [2.24, 2.45) is 0 Å². The van der Waals surface area contributed by atoms with Crippen LogP contribution in [0.4, 0.5) is 23.2 Å². The van der Waals surface area contributed by atoms with Gasteiger partial charge in [-0.1, -0.05) is 0 Å². The van der Waals surface area contributed by atoms with Crippen molar-refractivity contribution in [1.82, 2.24) is 0 Å². The molecule has 0 fully saturated rings. The molecular weight excluding hydrogens is 326 g/mol. The highest BCUT2D eigenvalue weighted by molar-refractivity contribution is 7.93. The Balaban J connectivity index is 3.08. The molecule has 0 heterocycles. The van der Waals surface area contributed by atoms with Crippen LogP contribution in [0.1, 0.15) is 26.3 Å². The number of sulfone groups is 1. The van der Waals surface area contributed by atoms with Gasteiger partial charge in [-0.25, -0.2) is 12.8 Å². The normalized spacial score (nSPS) is 14.0. The van der Waals surface area contributed by atoms with Gasteiger partial charge >= 0.3 is 6.18 Å². The summed E-state index contributed by atoms with van der Waals surface area (Å²) in [5.74, 6) is -2.18. The van der Waals surface area contributed by atoms with E-state index in [1.165, 1.54) is 13.8 Å². The van der Waals surface area contributed by atoms with Crippen molar-refractivity contribution < 1.29 is 30.8 Å². The second-order valence-electron chi connectivity index (χ2n) is 4.96. The number of amides is 1. The minimum absolute atomic E-state index is 0.419. The first-order valence-electron chi connectivity index (χ1n) is 6.27. The molecule has 9 heteroatoms. The average Bonchev–Trinajstić information content (AvgIpc) is 2.38. The molecule has 1 N–H and O–H groups in total. The molecule has 1 aromatic rings. The van der Waals surface area contributed by atoms with Crippen LogP contribution in [-0.2, 0) is 20.8 Å². The molecule has 124 valence electrons. The van der Waals surface area contributed by atoms with Crippen molar-refractivity contribution in [3.8, 4) is 0 Å². The van der Waals surface area contributed by atoms with E-state index < -0.39 is 49.5 Å². The van der Waals surface area contributed by atoms with Crippen LogP contribution < -0.4 is 5.32 Å². The average molecular weight is 341 g/mol. The molecule has 1 aromatic carbocycles. The maximum Gasteiger partial charge on any atom is 0.416 e. The Morgan fingerprint density at radius 1 is 1.18 bits per heavy atom. The summed E-state index contributed by atoms with van der Waals surface area (Å²) in [6.07, 6.45) is -4.71. The fraction of sp³-hybridized carbons (Fsp3) is 0.462. The van der Waals surface area contributed by atoms with Gasteiger partial charge < -0.3 is 5.32 Å². The Labute approximate surface area is 125 Å². The molecule has 0 aromatic heterocycles. The molecule has 0 radical (unpaired) electrons. The predicted molar refractivity (Wildman–Crippen MR) is 73.5 cm³/mol.